The first-order valence-electron chi connectivity index (χ1n) is 4.55. The van der Waals surface area contributed by atoms with Crippen molar-refractivity contribution in [2.45, 2.75) is 6.73 Å². The van der Waals surface area contributed by atoms with Crippen molar-refractivity contribution in [3.8, 4) is 5.75 Å². The number of esters is 1. The Labute approximate surface area is 91.1 Å². The number of aromatic hydroxyl groups is 1. The van der Waals surface area contributed by atoms with Crippen molar-refractivity contribution in [3.05, 3.63) is 42.5 Å². The molecule has 2 rings (SSSR count). The van der Waals surface area contributed by atoms with Gasteiger partial charge in [0.1, 0.15) is 24.0 Å². The van der Waals surface area contributed by atoms with Crippen molar-refractivity contribution >= 4 is 5.97 Å². The molecule has 1 aromatic heterocycles. The molecular weight excluding hydrogens is 210 g/mol. The van der Waals surface area contributed by atoms with E-state index in [1.807, 2.05) is 0 Å². The van der Waals surface area contributed by atoms with Gasteiger partial charge in [0.2, 0.25) is 0 Å². The predicted molar refractivity (Wildman–Crippen MR) is 53.5 cm³/mol. The molecule has 0 unspecified atom stereocenters. The Morgan fingerprint density at radius 3 is 2.94 bits per heavy atom. The number of phenols is 1. The van der Waals surface area contributed by atoms with E-state index in [9.17, 15) is 9.90 Å². The van der Waals surface area contributed by atoms with E-state index in [-0.39, 0.29) is 18.0 Å². The second-order valence-electron chi connectivity index (χ2n) is 3.01. The van der Waals surface area contributed by atoms with Crippen LogP contribution in [-0.2, 0) is 11.5 Å². The van der Waals surface area contributed by atoms with E-state index in [2.05, 4.69) is 10.1 Å². The largest absolute Gasteiger partial charge is 0.507 e. The van der Waals surface area contributed by atoms with Crippen LogP contribution in [0.25, 0.3) is 0 Å². The van der Waals surface area contributed by atoms with Gasteiger partial charge in [-0.05, 0) is 12.1 Å². The molecule has 0 spiro atoms. The van der Waals surface area contributed by atoms with Gasteiger partial charge >= 0.3 is 5.97 Å². The highest BCUT2D eigenvalue weighted by Crippen LogP contribution is 2.16. The zero-order chi connectivity index (χ0) is 11.4. The zero-order valence-electron chi connectivity index (χ0n) is 8.28. The van der Waals surface area contributed by atoms with Crippen molar-refractivity contribution in [3.63, 3.8) is 0 Å². The average molecular weight is 219 g/mol. The highest BCUT2D eigenvalue weighted by molar-refractivity contribution is 5.92. The van der Waals surface area contributed by atoms with Gasteiger partial charge in [0.25, 0.3) is 0 Å². The van der Waals surface area contributed by atoms with Gasteiger partial charge in [-0.3, -0.25) is 0 Å². The lowest BCUT2D eigenvalue weighted by molar-refractivity contribution is 0.0346. The van der Waals surface area contributed by atoms with E-state index in [0.717, 1.165) is 0 Å². The molecule has 1 aromatic carbocycles. The van der Waals surface area contributed by atoms with Crippen molar-refractivity contribution < 1.29 is 14.6 Å². The Bertz CT molecular complexity index is 482. The third-order valence-corrected chi connectivity index (χ3v) is 1.92. The van der Waals surface area contributed by atoms with E-state index < -0.39 is 5.97 Å². The Morgan fingerprint density at radius 1 is 1.44 bits per heavy atom. The molecule has 1 heterocycles. The van der Waals surface area contributed by atoms with Crippen molar-refractivity contribution in [2.75, 3.05) is 0 Å². The molecule has 82 valence electrons. The van der Waals surface area contributed by atoms with Crippen LogP contribution in [0.3, 0.4) is 0 Å². The minimum absolute atomic E-state index is 0.0346. The van der Waals surface area contributed by atoms with Crippen molar-refractivity contribution in [2.24, 2.45) is 0 Å². The van der Waals surface area contributed by atoms with Crippen LogP contribution in [0, 0.1) is 0 Å². The van der Waals surface area contributed by atoms with E-state index in [0.29, 0.717) is 0 Å². The maximum atomic E-state index is 11.5. The summed E-state index contributed by atoms with van der Waals surface area (Å²) in [5, 5.41) is 13.2. The second-order valence-corrected chi connectivity index (χ2v) is 3.01. The molecule has 0 saturated carbocycles. The molecule has 1 N–H and O–H groups in total. The normalized spacial score (nSPS) is 10.0. The number of rotatable bonds is 3. The first-order chi connectivity index (χ1) is 7.77. The topological polar surface area (TPSA) is 77.2 Å². The van der Waals surface area contributed by atoms with Crippen LogP contribution in [0.1, 0.15) is 10.4 Å². The number of carbonyl (C=O) groups is 1. The summed E-state index contributed by atoms with van der Waals surface area (Å²) in [5.41, 5.74) is 0.127. The van der Waals surface area contributed by atoms with E-state index >= 15 is 0 Å². The van der Waals surface area contributed by atoms with Gasteiger partial charge < -0.3 is 9.84 Å². The van der Waals surface area contributed by atoms with Crippen LogP contribution < -0.4 is 0 Å². The fourth-order valence-electron chi connectivity index (χ4n) is 1.15. The molecule has 0 aliphatic heterocycles. The van der Waals surface area contributed by atoms with Crippen LogP contribution in [0.15, 0.2) is 36.9 Å². The fourth-order valence-corrected chi connectivity index (χ4v) is 1.15. The second kappa shape index (κ2) is 4.43. The van der Waals surface area contributed by atoms with E-state index in [1.54, 1.807) is 12.1 Å². The third-order valence-electron chi connectivity index (χ3n) is 1.92. The summed E-state index contributed by atoms with van der Waals surface area (Å²) >= 11 is 0. The summed E-state index contributed by atoms with van der Waals surface area (Å²) in [7, 11) is 0. The number of aromatic nitrogens is 3. The summed E-state index contributed by atoms with van der Waals surface area (Å²) < 4.78 is 6.27. The Morgan fingerprint density at radius 2 is 2.25 bits per heavy atom. The maximum absolute atomic E-state index is 11.5. The van der Waals surface area contributed by atoms with Gasteiger partial charge in [-0.15, -0.1) is 0 Å². The number of para-hydroxylation sites is 1. The maximum Gasteiger partial charge on any atom is 0.343 e. The molecule has 6 heteroatoms. The molecule has 0 aliphatic carbocycles. The number of ether oxygens (including phenoxy) is 1. The lowest BCUT2D eigenvalue weighted by Crippen LogP contribution is -2.10. The molecule has 0 saturated heterocycles. The monoisotopic (exact) mass is 219 g/mol. The van der Waals surface area contributed by atoms with Crippen LogP contribution >= 0.6 is 0 Å². The third kappa shape index (κ3) is 2.17. The van der Waals surface area contributed by atoms with Gasteiger partial charge in [0.15, 0.2) is 6.73 Å². The fraction of sp³-hybridized carbons (Fsp3) is 0.100. The molecule has 0 aliphatic rings. The van der Waals surface area contributed by atoms with Gasteiger partial charge in [-0.25, -0.2) is 14.5 Å². The number of benzene rings is 1. The van der Waals surface area contributed by atoms with E-state index in [4.69, 9.17) is 4.74 Å². The first kappa shape index (κ1) is 10.2. The predicted octanol–water partition coefficient (Wildman–Crippen LogP) is 0.798. The highest BCUT2D eigenvalue weighted by Gasteiger charge is 2.11. The summed E-state index contributed by atoms with van der Waals surface area (Å²) in [4.78, 5) is 15.2. The molecule has 0 bridgehead atoms. The SMILES string of the molecule is O=C(OCn1cncn1)c1ccccc1O. The minimum Gasteiger partial charge on any atom is -0.507 e. The lowest BCUT2D eigenvalue weighted by Gasteiger charge is -2.05. The minimum atomic E-state index is -0.603. The van der Waals surface area contributed by atoms with Crippen LogP contribution in [-0.4, -0.2) is 25.8 Å². The van der Waals surface area contributed by atoms with Crippen molar-refractivity contribution in [1.29, 1.82) is 0 Å². The summed E-state index contributed by atoms with van der Waals surface area (Å²) in [5.74, 6) is -0.709. The van der Waals surface area contributed by atoms with Crippen molar-refractivity contribution in [1.82, 2.24) is 14.8 Å². The number of phenolic OH excluding ortho intramolecular Hbond substituents is 1. The molecule has 0 radical (unpaired) electrons. The number of hydrogen-bond donors (Lipinski definition) is 1. The Kier molecular flexibility index (Phi) is 2.81. The molecular formula is C10H9N3O3. The van der Waals surface area contributed by atoms with Crippen LogP contribution in [0.5, 0.6) is 5.75 Å². The van der Waals surface area contributed by atoms with Gasteiger partial charge in [0, 0.05) is 0 Å². The highest BCUT2D eigenvalue weighted by atomic mass is 16.5. The zero-order valence-corrected chi connectivity index (χ0v) is 8.28. The Balaban J connectivity index is 2.01. The first-order valence-corrected chi connectivity index (χ1v) is 4.55. The van der Waals surface area contributed by atoms with E-state index in [1.165, 1.54) is 29.5 Å². The van der Waals surface area contributed by atoms with Crippen LogP contribution in [0.4, 0.5) is 0 Å². The lowest BCUT2D eigenvalue weighted by atomic mass is 10.2. The Hall–Kier alpha value is -2.37. The number of carbonyl (C=O) groups excluding carboxylic acids is 1. The van der Waals surface area contributed by atoms with Gasteiger partial charge in [-0.2, -0.15) is 5.10 Å². The number of hydrogen-bond acceptors (Lipinski definition) is 5. The molecule has 2 aromatic rings. The van der Waals surface area contributed by atoms with Gasteiger partial charge in [0.05, 0.1) is 0 Å². The molecule has 0 atom stereocenters. The summed E-state index contributed by atoms with van der Waals surface area (Å²) in [6.45, 7) is -0.0346. The van der Waals surface area contributed by atoms with Crippen LogP contribution in [0.2, 0.25) is 0 Å². The smallest absolute Gasteiger partial charge is 0.343 e. The quantitative estimate of drug-likeness (QED) is 0.772. The molecule has 6 nitrogen and oxygen atoms in total. The van der Waals surface area contributed by atoms with Gasteiger partial charge in [-0.1, -0.05) is 12.1 Å². The summed E-state index contributed by atoms with van der Waals surface area (Å²) in [6.07, 6.45) is 2.77. The summed E-state index contributed by atoms with van der Waals surface area (Å²) in [6, 6.07) is 6.18. The molecule has 16 heavy (non-hydrogen) atoms. The molecule has 0 fully saturated rings. The standard InChI is InChI=1S/C10H9N3O3/c14-9-4-2-1-3-8(9)10(15)16-7-13-6-11-5-12-13/h1-6,14H,7H2. The average Bonchev–Trinajstić information content (AvgIpc) is 2.79. The molecule has 0 amide bonds. The number of nitrogens with zero attached hydrogens (tertiary/aromatic N) is 3.